The average molecular weight is 315 g/mol. The zero-order valence-corrected chi connectivity index (χ0v) is 12.6. The summed E-state index contributed by atoms with van der Waals surface area (Å²) in [4.78, 5) is 35.8. The number of aromatic nitrogens is 3. The van der Waals surface area contributed by atoms with Crippen LogP contribution in [-0.4, -0.2) is 39.8 Å². The second-order valence-corrected chi connectivity index (χ2v) is 5.07. The van der Waals surface area contributed by atoms with Crippen LogP contribution in [0.4, 0.5) is 5.69 Å². The van der Waals surface area contributed by atoms with Crippen molar-refractivity contribution in [3.05, 3.63) is 36.0 Å². The minimum Gasteiger partial charge on any atom is -0.478 e. The number of anilines is 1. The molecule has 0 saturated carbocycles. The Morgan fingerprint density at radius 2 is 2.35 bits per heavy atom. The van der Waals surface area contributed by atoms with Crippen LogP contribution in [0.25, 0.3) is 0 Å². The second kappa shape index (κ2) is 6.47. The number of carbonyl (C=O) groups is 2. The van der Waals surface area contributed by atoms with Crippen molar-refractivity contribution in [2.75, 3.05) is 18.5 Å². The molecule has 2 aromatic rings. The number of nitrogens with one attached hydrogen (secondary N) is 3. The molecule has 3 N–H and O–H groups in total. The van der Waals surface area contributed by atoms with E-state index in [1.165, 1.54) is 6.33 Å². The Balaban J connectivity index is 1.71. The number of carbonyl (C=O) groups excluding carboxylic acids is 2. The normalized spacial score (nSPS) is 16.4. The molecule has 0 radical (unpaired) electrons. The number of Topliss-reactive ketones (excluding diaryl/α,β-unsaturated/α-hetero) is 1. The van der Waals surface area contributed by atoms with Crippen molar-refractivity contribution in [3.63, 3.8) is 0 Å². The number of H-pyrrole nitrogens is 1. The maximum Gasteiger partial charge on any atom is 0.233 e. The number of pyridine rings is 1. The molecule has 0 fully saturated rings. The molecule has 1 amide bonds. The van der Waals surface area contributed by atoms with Crippen LogP contribution in [0.5, 0.6) is 5.88 Å². The number of nitrogens with zero attached hydrogens (tertiary/aromatic N) is 2. The zero-order chi connectivity index (χ0) is 16.2. The van der Waals surface area contributed by atoms with E-state index in [2.05, 4.69) is 25.6 Å². The molecule has 0 aromatic carbocycles. The third-order valence-corrected chi connectivity index (χ3v) is 3.53. The summed E-state index contributed by atoms with van der Waals surface area (Å²) in [5, 5.41) is 5.79. The highest BCUT2D eigenvalue weighted by atomic mass is 16.5. The van der Waals surface area contributed by atoms with Gasteiger partial charge in [0.1, 0.15) is 11.6 Å². The maximum absolute atomic E-state index is 12.5. The van der Waals surface area contributed by atoms with Crippen LogP contribution >= 0.6 is 0 Å². The number of amides is 1. The number of ether oxygens (including phenoxy) is 1. The predicted molar refractivity (Wildman–Crippen MR) is 82.2 cm³/mol. The van der Waals surface area contributed by atoms with Crippen LogP contribution < -0.4 is 15.4 Å². The monoisotopic (exact) mass is 315 g/mol. The number of imidazole rings is 1. The third-order valence-electron chi connectivity index (χ3n) is 3.53. The van der Waals surface area contributed by atoms with E-state index in [1.807, 2.05) is 6.92 Å². The molecule has 0 spiro atoms. The van der Waals surface area contributed by atoms with Gasteiger partial charge in [-0.3, -0.25) is 9.59 Å². The van der Waals surface area contributed by atoms with E-state index in [0.717, 1.165) is 5.69 Å². The van der Waals surface area contributed by atoms with Gasteiger partial charge in [-0.1, -0.05) is 0 Å². The molecule has 8 heteroatoms. The molecular formula is C15H17N5O3. The molecule has 1 aliphatic rings. The summed E-state index contributed by atoms with van der Waals surface area (Å²) in [7, 11) is 0. The van der Waals surface area contributed by atoms with E-state index in [-0.39, 0.29) is 23.9 Å². The molecule has 0 bridgehead atoms. The number of ketones is 1. The Labute approximate surface area is 132 Å². The van der Waals surface area contributed by atoms with E-state index in [1.54, 1.807) is 18.3 Å². The molecule has 0 saturated heterocycles. The molecule has 3 heterocycles. The van der Waals surface area contributed by atoms with Crippen molar-refractivity contribution in [3.8, 4) is 5.88 Å². The Kier molecular flexibility index (Phi) is 4.22. The number of hydrogen-bond acceptors (Lipinski definition) is 6. The lowest BCUT2D eigenvalue weighted by atomic mass is 9.95. The van der Waals surface area contributed by atoms with Crippen molar-refractivity contribution < 1.29 is 14.3 Å². The fourth-order valence-electron chi connectivity index (χ4n) is 2.37. The van der Waals surface area contributed by atoms with E-state index in [4.69, 9.17) is 4.74 Å². The molecule has 3 rings (SSSR count). The van der Waals surface area contributed by atoms with Gasteiger partial charge in [0.05, 0.1) is 30.9 Å². The quantitative estimate of drug-likeness (QED) is 0.702. The number of hydrogen-bond donors (Lipinski definition) is 3. The molecule has 1 atom stereocenters. The first-order valence-corrected chi connectivity index (χ1v) is 7.36. The van der Waals surface area contributed by atoms with Crippen LogP contribution in [0.15, 0.2) is 24.7 Å². The Morgan fingerprint density at radius 3 is 3.09 bits per heavy atom. The van der Waals surface area contributed by atoms with Gasteiger partial charge in [0.15, 0.2) is 5.78 Å². The molecule has 23 heavy (non-hydrogen) atoms. The topological polar surface area (TPSA) is 109 Å². The summed E-state index contributed by atoms with van der Waals surface area (Å²) < 4.78 is 5.31. The van der Waals surface area contributed by atoms with Gasteiger partial charge < -0.3 is 20.4 Å². The second-order valence-electron chi connectivity index (χ2n) is 5.07. The number of rotatable bonds is 5. The minimum atomic E-state index is -0.810. The Bertz CT molecular complexity index is 714. The fraction of sp³-hybridized carbons (Fsp3) is 0.333. The van der Waals surface area contributed by atoms with E-state index >= 15 is 0 Å². The smallest absolute Gasteiger partial charge is 0.233 e. The molecule has 1 aliphatic heterocycles. The van der Waals surface area contributed by atoms with Crippen LogP contribution in [0.2, 0.25) is 0 Å². The lowest BCUT2D eigenvalue weighted by Gasteiger charge is -2.23. The zero-order valence-electron chi connectivity index (χ0n) is 12.6. The van der Waals surface area contributed by atoms with Gasteiger partial charge >= 0.3 is 0 Å². The molecule has 120 valence electrons. The van der Waals surface area contributed by atoms with Gasteiger partial charge in [0.2, 0.25) is 11.8 Å². The van der Waals surface area contributed by atoms with Crippen LogP contribution in [0.3, 0.4) is 0 Å². The minimum absolute atomic E-state index is 0.240. The standard InChI is InChI=1S/C15H17N5O3/c1-2-23-12-4-3-11-13(20-12)14(21)10(7-17-11)15(22)18-6-9-5-16-8-19-9/h3-5,8,10,17H,2,6-7H2,1H3,(H,16,19)(H,18,22). The summed E-state index contributed by atoms with van der Waals surface area (Å²) in [6.07, 6.45) is 3.15. The Morgan fingerprint density at radius 1 is 1.48 bits per heavy atom. The molecule has 2 aromatic heterocycles. The highest BCUT2D eigenvalue weighted by molar-refractivity contribution is 6.13. The summed E-state index contributed by atoms with van der Waals surface area (Å²) in [6.45, 7) is 2.84. The molecule has 8 nitrogen and oxygen atoms in total. The van der Waals surface area contributed by atoms with Crippen molar-refractivity contribution in [1.29, 1.82) is 0 Å². The van der Waals surface area contributed by atoms with Crippen LogP contribution in [0, 0.1) is 5.92 Å². The van der Waals surface area contributed by atoms with Gasteiger partial charge in [0.25, 0.3) is 0 Å². The number of aromatic amines is 1. The van der Waals surface area contributed by atoms with Crippen molar-refractivity contribution >= 4 is 17.4 Å². The lowest BCUT2D eigenvalue weighted by Crippen LogP contribution is -2.42. The van der Waals surface area contributed by atoms with E-state index in [0.29, 0.717) is 24.7 Å². The van der Waals surface area contributed by atoms with Crippen LogP contribution in [0.1, 0.15) is 23.1 Å². The van der Waals surface area contributed by atoms with Gasteiger partial charge in [-0.25, -0.2) is 9.97 Å². The first kappa shape index (κ1) is 15.0. The van der Waals surface area contributed by atoms with Gasteiger partial charge in [-0.05, 0) is 13.0 Å². The third kappa shape index (κ3) is 3.15. The van der Waals surface area contributed by atoms with Crippen LogP contribution in [-0.2, 0) is 11.3 Å². The molecular weight excluding hydrogens is 298 g/mol. The van der Waals surface area contributed by atoms with Crippen molar-refractivity contribution in [2.24, 2.45) is 5.92 Å². The van der Waals surface area contributed by atoms with E-state index < -0.39 is 5.92 Å². The predicted octanol–water partition coefficient (Wildman–Crippen LogP) is 0.744. The largest absolute Gasteiger partial charge is 0.478 e. The molecule has 0 aliphatic carbocycles. The summed E-state index contributed by atoms with van der Waals surface area (Å²) >= 11 is 0. The summed E-state index contributed by atoms with van der Waals surface area (Å²) in [6, 6.07) is 3.44. The van der Waals surface area contributed by atoms with Crippen molar-refractivity contribution in [1.82, 2.24) is 20.3 Å². The first-order valence-electron chi connectivity index (χ1n) is 7.36. The fourth-order valence-corrected chi connectivity index (χ4v) is 2.37. The SMILES string of the molecule is CCOc1ccc2c(n1)C(=O)C(C(=O)NCc1cnc[nH]1)CN2. The van der Waals surface area contributed by atoms with Gasteiger partial charge in [-0.15, -0.1) is 0 Å². The highest BCUT2D eigenvalue weighted by Crippen LogP contribution is 2.25. The van der Waals surface area contributed by atoms with Gasteiger partial charge in [0, 0.05) is 18.8 Å². The maximum atomic E-state index is 12.5. The summed E-state index contributed by atoms with van der Waals surface area (Å²) in [5.74, 6) is -1.08. The van der Waals surface area contributed by atoms with Gasteiger partial charge in [-0.2, -0.15) is 0 Å². The average Bonchev–Trinajstić information content (AvgIpc) is 3.07. The Hall–Kier alpha value is -2.90. The lowest BCUT2D eigenvalue weighted by molar-refractivity contribution is -0.123. The first-order chi connectivity index (χ1) is 11.2. The molecule has 1 unspecified atom stereocenters. The van der Waals surface area contributed by atoms with Crippen molar-refractivity contribution in [2.45, 2.75) is 13.5 Å². The summed E-state index contributed by atoms with van der Waals surface area (Å²) in [5.41, 5.74) is 1.63. The number of fused-ring (bicyclic) bond motifs is 1. The highest BCUT2D eigenvalue weighted by Gasteiger charge is 2.34. The van der Waals surface area contributed by atoms with E-state index in [9.17, 15) is 9.59 Å².